The number of nitrogens with zero attached hydrogens (tertiary/aromatic N) is 2. The molecule has 6 heteroatoms. The summed E-state index contributed by atoms with van der Waals surface area (Å²) in [6.45, 7) is 0.841. The van der Waals surface area contributed by atoms with Crippen molar-refractivity contribution in [3.8, 4) is 16.9 Å². The van der Waals surface area contributed by atoms with Crippen LogP contribution in [0.2, 0.25) is 10.0 Å². The maximum absolute atomic E-state index is 14.4. The Morgan fingerprint density at radius 1 is 1.08 bits per heavy atom. The van der Waals surface area contributed by atoms with Crippen LogP contribution in [0, 0.1) is 5.82 Å². The molecule has 0 atom stereocenters. The number of anilines is 1. The standard InChI is InChI=1S/C19H16Cl2FN3/c20-12-8-9-15(21)17(11-12)25-19-14(6-3-4-10-23-19)18(24-25)13-5-1-2-7-16(13)22/h1-2,5,7-9,11,23H,3-4,6,10H2. The monoisotopic (exact) mass is 375 g/mol. The lowest BCUT2D eigenvalue weighted by molar-refractivity contribution is 0.630. The summed E-state index contributed by atoms with van der Waals surface area (Å²) in [5, 5.41) is 9.25. The van der Waals surface area contributed by atoms with E-state index in [9.17, 15) is 4.39 Å². The molecule has 0 bridgehead atoms. The van der Waals surface area contributed by atoms with Crippen LogP contribution >= 0.6 is 23.2 Å². The third-order valence-corrected chi connectivity index (χ3v) is 4.95. The molecule has 2 heterocycles. The minimum absolute atomic E-state index is 0.281. The summed E-state index contributed by atoms with van der Waals surface area (Å²) < 4.78 is 16.1. The van der Waals surface area contributed by atoms with Gasteiger partial charge in [0.2, 0.25) is 0 Å². The molecule has 1 aromatic heterocycles. The van der Waals surface area contributed by atoms with Crippen molar-refractivity contribution in [3.05, 3.63) is 63.9 Å². The number of rotatable bonds is 2. The Morgan fingerprint density at radius 3 is 2.76 bits per heavy atom. The van der Waals surface area contributed by atoms with Crippen molar-refractivity contribution >= 4 is 29.0 Å². The molecular weight excluding hydrogens is 360 g/mol. The van der Waals surface area contributed by atoms with Gasteiger partial charge in [0, 0.05) is 22.7 Å². The van der Waals surface area contributed by atoms with Crippen LogP contribution in [-0.2, 0) is 6.42 Å². The van der Waals surface area contributed by atoms with Gasteiger partial charge in [-0.05, 0) is 49.6 Å². The van der Waals surface area contributed by atoms with E-state index in [-0.39, 0.29) is 5.82 Å². The van der Waals surface area contributed by atoms with Crippen molar-refractivity contribution in [2.24, 2.45) is 0 Å². The minimum atomic E-state index is -0.281. The molecule has 1 aliphatic rings. The van der Waals surface area contributed by atoms with Crippen LogP contribution in [0.25, 0.3) is 16.9 Å². The van der Waals surface area contributed by atoms with Gasteiger partial charge in [-0.15, -0.1) is 0 Å². The Morgan fingerprint density at radius 2 is 1.92 bits per heavy atom. The molecule has 0 unspecified atom stereocenters. The fourth-order valence-electron chi connectivity index (χ4n) is 3.19. The van der Waals surface area contributed by atoms with Gasteiger partial charge < -0.3 is 5.32 Å². The molecule has 0 spiro atoms. The zero-order valence-electron chi connectivity index (χ0n) is 13.4. The summed E-state index contributed by atoms with van der Waals surface area (Å²) in [5.41, 5.74) is 2.85. The lowest BCUT2D eigenvalue weighted by Crippen LogP contribution is -2.07. The van der Waals surface area contributed by atoms with Crippen LogP contribution in [-0.4, -0.2) is 16.3 Å². The molecule has 0 saturated carbocycles. The number of benzene rings is 2. The SMILES string of the molecule is Fc1ccccc1-c1nn(-c2cc(Cl)ccc2Cl)c2c1CCCCN2. The van der Waals surface area contributed by atoms with Gasteiger partial charge in [-0.2, -0.15) is 5.10 Å². The molecule has 128 valence electrons. The molecule has 0 saturated heterocycles. The second kappa shape index (κ2) is 6.70. The molecular formula is C19H16Cl2FN3. The zero-order valence-corrected chi connectivity index (χ0v) is 14.9. The molecule has 4 rings (SSSR count). The summed E-state index contributed by atoms with van der Waals surface area (Å²) >= 11 is 12.5. The van der Waals surface area contributed by atoms with Crippen molar-refractivity contribution in [2.75, 3.05) is 11.9 Å². The van der Waals surface area contributed by atoms with Gasteiger partial charge in [0.25, 0.3) is 0 Å². The molecule has 0 fully saturated rings. The van der Waals surface area contributed by atoms with E-state index in [4.69, 9.17) is 28.3 Å². The van der Waals surface area contributed by atoms with Gasteiger partial charge in [0.15, 0.2) is 0 Å². The molecule has 2 aromatic carbocycles. The first-order chi connectivity index (χ1) is 12.1. The highest BCUT2D eigenvalue weighted by Crippen LogP contribution is 2.36. The Balaban J connectivity index is 1.97. The molecule has 3 nitrogen and oxygen atoms in total. The van der Waals surface area contributed by atoms with E-state index in [1.54, 1.807) is 35.0 Å². The largest absolute Gasteiger partial charge is 0.370 e. The Labute approximate surface area is 155 Å². The summed E-state index contributed by atoms with van der Waals surface area (Å²) in [7, 11) is 0. The predicted octanol–water partition coefficient (Wildman–Crippen LogP) is 5.73. The second-order valence-electron chi connectivity index (χ2n) is 6.05. The molecule has 3 aromatic rings. The first kappa shape index (κ1) is 16.4. The van der Waals surface area contributed by atoms with Crippen LogP contribution in [0.1, 0.15) is 18.4 Å². The van der Waals surface area contributed by atoms with Gasteiger partial charge in [-0.3, -0.25) is 0 Å². The van der Waals surface area contributed by atoms with Crippen LogP contribution in [0.4, 0.5) is 10.2 Å². The summed E-state index contributed by atoms with van der Waals surface area (Å²) in [6, 6.07) is 12.0. The summed E-state index contributed by atoms with van der Waals surface area (Å²) in [6.07, 6.45) is 2.91. The first-order valence-electron chi connectivity index (χ1n) is 8.21. The Kier molecular flexibility index (Phi) is 4.40. The van der Waals surface area contributed by atoms with Crippen LogP contribution in [0.3, 0.4) is 0 Å². The Hall–Kier alpha value is -2.04. The maximum atomic E-state index is 14.4. The van der Waals surface area contributed by atoms with E-state index in [1.165, 1.54) is 6.07 Å². The van der Waals surface area contributed by atoms with Gasteiger partial charge >= 0.3 is 0 Å². The van der Waals surface area contributed by atoms with E-state index >= 15 is 0 Å². The fourth-order valence-corrected chi connectivity index (χ4v) is 3.56. The van der Waals surface area contributed by atoms with E-state index in [0.29, 0.717) is 27.0 Å². The minimum Gasteiger partial charge on any atom is -0.370 e. The van der Waals surface area contributed by atoms with Crippen molar-refractivity contribution in [3.63, 3.8) is 0 Å². The van der Waals surface area contributed by atoms with Gasteiger partial charge in [0.1, 0.15) is 17.3 Å². The molecule has 0 aliphatic carbocycles. The molecule has 0 amide bonds. The number of hydrogen-bond acceptors (Lipinski definition) is 2. The summed E-state index contributed by atoms with van der Waals surface area (Å²) in [5.74, 6) is 0.580. The number of fused-ring (bicyclic) bond motifs is 1. The molecule has 1 N–H and O–H groups in total. The highest BCUT2D eigenvalue weighted by molar-refractivity contribution is 6.34. The lowest BCUT2D eigenvalue weighted by atomic mass is 10.0. The van der Waals surface area contributed by atoms with Crippen LogP contribution in [0.15, 0.2) is 42.5 Å². The second-order valence-corrected chi connectivity index (χ2v) is 6.89. The number of aromatic nitrogens is 2. The maximum Gasteiger partial charge on any atom is 0.133 e. The number of hydrogen-bond donors (Lipinski definition) is 1. The van der Waals surface area contributed by atoms with E-state index in [0.717, 1.165) is 37.2 Å². The predicted molar refractivity (Wildman–Crippen MR) is 100 cm³/mol. The zero-order chi connectivity index (χ0) is 17.4. The Bertz CT molecular complexity index is 936. The third kappa shape index (κ3) is 3.00. The van der Waals surface area contributed by atoms with Gasteiger partial charge in [-0.25, -0.2) is 9.07 Å². The van der Waals surface area contributed by atoms with Gasteiger partial charge in [-0.1, -0.05) is 35.3 Å². The van der Waals surface area contributed by atoms with Crippen molar-refractivity contribution in [1.82, 2.24) is 9.78 Å². The smallest absolute Gasteiger partial charge is 0.133 e. The van der Waals surface area contributed by atoms with Crippen LogP contribution in [0.5, 0.6) is 0 Å². The molecule has 1 aliphatic heterocycles. The summed E-state index contributed by atoms with van der Waals surface area (Å²) in [4.78, 5) is 0. The molecule has 25 heavy (non-hydrogen) atoms. The first-order valence-corrected chi connectivity index (χ1v) is 8.97. The average molecular weight is 376 g/mol. The van der Waals surface area contributed by atoms with Crippen molar-refractivity contribution in [2.45, 2.75) is 19.3 Å². The topological polar surface area (TPSA) is 29.9 Å². The van der Waals surface area contributed by atoms with Crippen molar-refractivity contribution < 1.29 is 4.39 Å². The molecule has 0 radical (unpaired) electrons. The van der Waals surface area contributed by atoms with Crippen LogP contribution < -0.4 is 5.32 Å². The quantitative estimate of drug-likeness (QED) is 0.619. The fraction of sp³-hybridized carbons (Fsp3) is 0.211. The normalized spacial score (nSPS) is 13.9. The van der Waals surface area contributed by atoms with E-state index in [1.807, 2.05) is 6.07 Å². The third-order valence-electron chi connectivity index (χ3n) is 4.39. The van der Waals surface area contributed by atoms with Gasteiger partial charge in [0.05, 0.1) is 10.7 Å². The average Bonchev–Trinajstić information content (AvgIpc) is 2.79. The van der Waals surface area contributed by atoms with E-state index in [2.05, 4.69) is 5.32 Å². The number of halogens is 3. The highest BCUT2D eigenvalue weighted by Gasteiger charge is 2.24. The lowest BCUT2D eigenvalue weighted by Gasteiger charge is -2.11. The number of nitrogens with one attached hydrogen (secondary N) is 1. The highest BCUT2D eigenvalue weighted by atomic mass is 35.5. The van der Waals surface area contributed by atoms with Crippen molar-refractivity contribution in [1.29, 1.82) is 0 Å². The van der Waals surface area contributed by atoms with E-state index < -0.39 is 0 Å².